The van der Waals surface area contributed by atoms with Crippen molar-refractivity contribution in [3.05, 3.63) is 121 Å². The molecular formula is C30H26N8O2S. The maximum Gasteiger partial charge on any atom is 0.265 e. The fourth-order valence-electron chi connectivity index (χ4n) is 4.12. The number of rotatable bonds is 7. The van der Waals surface area contributed by atoms with Crippen molar-refractivity contribution in [1.29, 1.82) is 5.26 Å². The van der Waals surface area contributed by atoms with Crippen molar-refractivity contribution < 1.29 is 8.42 Å². The van der Waals surface area contributed by atoms with Gasteiger partial charge in [-0.15, -0.1) is 0 Å². The molecule has 204 valence electrons. The minimum absolute atomic E-state index is 0.0901. The highest BCUT2D eigenvalue weighted by atomic mass is 32.2. The van der Waals surface area contributed by atoms with E-state index in [-0.39, 0.29) is 10.7 Å². The number of aromatic nitrogens is 4. The Bertz CT molecular complexity index is 1910. The Kier molecular flexibility index (Phi) is 8.03. The van der Waals surface area contributed by atoms with Gasteiger partial charge in [0.2, 0.25) is 0 Å². The number of nitriles is 1. The number of nitrogens with zero attached hydrogens (tertiary/aromatic N) is 5. The minimum Gasteiger partial charge on any atom is -0.387 e. The quantitative estimate of drug-likeness (QED) is 0.239. The second-order valence-electron chi connectivity index (χ2n) is 8.81. The number of benzene rings is 2. The Balaban J connectivity index is 0.000000315. The van der Waals surface area contributed by atoms with Crippen molar-refractivity contribution in [2.24, 2.45) is 0 Å². The lowest BCUT2D eigenvalue weighted by Crippen LogP contribution is -2.16. The van der Waals surface area contributed by atoms with Crippen LogP contribution in [-0.2, 0) is 16.6 Å². The largest absolute Gasteiger partial charge is 0.387 e. The summed E-state index contributed by atoms with van der Waals surface area (Å²) < 4.78 is 30.7. The fraction of sp³-hybridized carbons (Fsp3) is 0.0667. The van der Waals surface area contributed by atoms with E-state index in [1.807, 2.05) is 47.1 Å². The van der Waals surface area contributed by atoms with Crippen molar-refractivity contribution >= 4 is 43.8 Å². The van der Waals surface area contributed by atoms with Crippen LogP contribution < -0.4 is 15.4 Å². The van der Waals surface area contributed by atoms with Gasteiger partial charge in [-0.3, -0.25) is 9.71 Å². The zero-order chi connectivity index (χ0) is 28.7. The SMILES string of the molecule is CNc1ccc(NS(=O)(=O)c2cccc3cccnc23)nc1CNc1ccc(C#N)cc1.c1ccn2ccnc2c1. The topological polar surface area (TPSA) is 137 Å². The molecule has 0 radical (unpaired) electrons. The van der Waals surface area contributed by atoms with Crippen LogP contribution in [0.25, 0.3) is 16.6 Å². The predicted molar refractivity (Wildman–Crippen MR) is 160 cm³/mol. The molecule has 41 heavy (non-hydrogen) atoms. The number of anilines is 3. The van der Waals surface area contributed by atoms with Crippen LogP contribution in [0, 0.1) is 11.3 Å². The molecule has 6 rings (SSSR count). The number of sulfonamides is 1. The first-order valence-corrected chi connectivity index (χ1v) is 14.1. The van der Waals surface area contributed by atoms with E-state index in [9.17, 15) is 8.42 Å². The summed E-state index contributed by atoms with van der Waals surface area (Å²) >= 11 is 0. The average molecular weight is 563 g/mol. The molecular weight excluding hydrogens is 536 g/mol. The number of imidazole rings is 1. The van der Waals surface area contributed by atoms with Crippen LogP contribution in [0.5, 0.6) is 0 Å². The molecule has 4 aromatic heterocycles. The maximum absolute atomic E-state index is 13.1. The molecule has 0 amide bonds. The normalized spacial score (nSPS) is 10.8. The van der Waals surface area contributed by atoms with Crippen molar-refractivity contribution in [2.75, 3.05) is 22.4 Å². The van der Waals surface area contributed by atoms with Crippen LogP contribution in [-0.4, -0.2) is 34.8 Å². The lowest BCUT2D eigenvalue weighted by atomic mass is 10.2. The van der Waals surface area contributed by atoms with Gasteiger partial charge in [-0.1, -0.05) is 24.3 Å². The number of hydrogen-bond acceptors (Lipinski definition) is 8. The van der Waals surface area contributed by atoms with Crippen molar-refractivity contribution in [2.45, 2.75) is 11.4 Å². The highest BCUT2D eigenvalue weighted by Gasteiger charge is 2.19. The highest BCUT2D eigenvalue weighted by Crippen LogP contribution is 2.24. The second kappa shape index (κ2) is 12.1. The molecule has 0 fully saturated rings. The van der Waals surface area contributed by atoms with Gasteiger partial charge < -0.3 is 15.0 Å². The Morgan fingerprint density at radius 3 is 2.49 bits per heavy atom. The predicted octanol–water partition coefficient (Wildman–Crippen LogP) is 5.29. The van der Waals surface area contributed by atoms with E-state index in [2.05, 4.69) is 36.4 Å². The molecule has 10 nitrogen and oxygen atoms in total. The molecule has 6 aromatic rings. The standard InChI is InChI=1S/C23H20N6O2S.C7H6N2/c1-25-19-11-12-22(28-20(19)15-27-18-9-7-16(14-24)8-10-18)29-32(30,31)21-6-2-4-17-5-3-13-26-23(17)21;1-2-5-9-6-4-8-7(9)3-1/h2-13,25,27H,15H2,1H3,(H,28,29);1-6H. The third-order valence-corrected chi connectivity index (χ3v) is 7.53. The molecule has 0 aliphatic heterocycles. The summed E-state index contributed by atoms with van der Waals surface area (Å²) in [6.07, 6.45) is 7.25. The highest BCUT2D eigenvalue weighted by molar-refractivity contribution is 7.93. The van der Waals surface area contributed by atoms with Gasteiger partial charge in [0.1, 0.15) is 16.4 Å². The number of pyridine rings is 3. The molecule has 0 bridgehead atoms. The van der Waals surface area contributed by atoms with E-state index in [0.29, 0.717) is 23.3 Å². The number of fused-ring (bicyclic) bond motifs is 2. The number of hydrogen-bond donors (Lipinski definition) is 3. The first kappa shape index (κ1) is 27.1. The summed E-state index contributed by atoms with van der Waals surface area (Å²) in [5.74, 6) is 0.202. The summed E-state index contributed by atoms with van der Waals surface area (Å²) in [5, 5.41) is 16.0. The van der Waals surface area contributed by atoms with Crippen LogP contribution in [0.4, 0.5) is 17.2 Å². The Morgan fingerprint density at radius 1 is 0.878 bits per heavy atom. The minimum atomic E-state index is -3.90. The van der Waals surface area contributed by atoms with Gasteiger partial charge in [0, 0.05) is 42.9 Å². The zero-order valence-electron chi connectivity index (χ0n) is 22.1. The first-order chi connectivity index (χ1) is 20.0. The molecule has 0 aliphatic carbocycles. The smallest absolute Gasteiger partial charge is 0.265 e. The van der Waals surface area contributed by atoms with E-state index in [1.165, 1.54) is 6.07 Å². The summed E-state index contributed by atoms with van der Waals surface area (Å²) in [6, 6.07) is 27.0. The van der Waals surface area contributed by atoms with E-state index in [0.717, 1.165) is 22.4 Å². The van der Waals surface area contributed by atoms with Crippen molar-refractivity contribution in [3.63, 3.8) is 0 Å². The zero-order valence-corrected chi connectivity index (χ0v) is 22.9. The molecule has 0 atom stereocenters. The van der Waals surface area contributed by atoms with Gasteiger partial charge in [0.25, 0.3) is 10.0 Å². The second-order valence-corrected chi connectivity index (χ2v) is 10.5. The van der Waals surface area contributed by atoms with Crippen LogP contribution >= 0.6 is 0 Å². The van der Waals surface area contributed by atoms with Gasteiger partial charge in [-0.25, -0.2) is 18.4 Å². The van der Waals surface area contributed by atoms with Gasteiger partial charge >= 0.3 is 0 Å². The number of para-hydroxylation sites is 1. The van der Waals surface area contributed by atoms with Gasteiger partial charge in [-0.2, -0.15) is 5.26 Å². The monoisotopic (exact) mass is 562 g/mol. The maximum atomic E-state index is 13.1. The van der Waals surface area contributed by atoms with Crippen LogP contribution in [0.15, 0.2) is 115 Å². The molecule has 11 heteroatoms. The van der Waals surface area contributed by atoms with E-state index in [4.69, 9.17) is 5.26 Å². The van der Waals surface area contributed by atoms with Crippen molar-refractivity contribution in [3.8, 4) is 6.07 Å². The molecule has 0 unspecified atom stereocenters. The van der Waals surface area contributed by atoms with Crippen LogP contribution in [0.2, 0.25) is 0 Å². The first-order valence-electron chi connectivity index (χ1n) is 12.6. The van der Waals surface area contributed by atoms with Gasteiger partial charge in [0.05, 0.1) is 35.1 Å². The molecule has 0 spiro atoms. The Labute approximate surface area is 237 Å². The third-order valence-electron chi connectivity index (χ3n) is 6.14. The van der Waals surface area contributed by atoms with Crippen LogP contribution in [0.1, 0.15) is 11.3 Å². The lowest BCUT2D eigenvalue weighted by Gasteiger charge is -2.14. The number of nitrogens with one attached hydrogen (secondary N) is 3. The third kappa shape index (κ3) is 6.41. The summed E-state index contributed by atoms with van der Waals surface area (Å²) in [7, 11) is -2.13. The molecule has 3 N–H and O–H groups in total. The molecule has 0 aliphatic rings. The Morgan fingerprint density at radius 2 is 1.71 bits per heavy atom. The van der Waals surface area contributed by atoms with E-state index >= 15 is 0 Å². The molecule has 4 heterocycles. The lowest BCUT2D eigenvalue weighted by molar-refractivity contribution is 0.601. The van der Waals surface area contributed by atoms with Crippen LogP contribution in [0.3, 0.4) is 0 Å². The van der Waals surface area contributed by atoms with Crippen molar-refractivity contribution in [1.82, 2.24) is 19.4 Å². The average Bonchev–Trinajstić information content (AvgIpc) is 3.49. The van der Waals surface area contributed by atoms with Gasteiger partial charge in [0.15, 0.2) is 0 Å². The van der Waals surface area contributed by atoms with Gasteiger partial charge in [-0.05, 0) is 60.7 Å². The summed E-state index contributed by atoms with van der Waals surface area (Å²) in [4.78, 5) is 12.9. The summed E-state index contributed by atoms with van der Waals surface area (Å²) in [5.41, 5.74) is 4.19. The summed E-state index contributed by atoms with van der Waals surface area (Å²) in [6.45, 7) is 0.355. The van der Waals surface area contributed by atoms with E-state index < -0.39 is 10.0 Å². The molecule has 0 saturated carbocycles. The Hall–Kier alpha value is -5.47. The molecule has 0 saturated heterocycles. The molecule has 2 aromatic carbocycles. The van der Waals surface area contributed by atoms with E-state index in [1.54, 1.807) is 68.0 Å². The fourth-order valence-corrected chi connectivity index (χ4v) is 5.30.